The number of carbonyl (C=O) groups is 1. The minimum absolute atomic E-state index is 0. The summed E-state index contributed by atoms with van der Waals surface area (Å²) in [5.41, 5.74) is 0. The summed E-state index contributed by atoms with van der Waals surface area (Å²) < 4.78 is 0. The molecule has 0 aliphatic rings. The van der Waals surface area contributed by atoms with E-state index in [1.807, 2.05) is 13.8 Å². The number of hydrogen-bond donors (Lipinski definition) is 0. The van der Waals surface area contributed by atoms with E-state index in [1.165, 1.54) is 0 Å². The Bertz CT molecular complexity index is 83.1. The molecule has 0 aliphatic carbocycles. The van der Waals surface area contributed by atoms with Crippen LogP contribution in [0.15, 0.2) is 0 Å². The van der Waals surface area contributed by atoms with Crippen molar-refractivity contribution in [2.45, 2.75) is 26.7 Å². The molecule has 1 unspecified atom stereocenters. The second kappa shape index (κ2) is 6.59. The van der Waals surface area contributed by atoms with Crippen molar-refractivity contribution in [3.63, 3.8) is 0 Å². The molecule has 0 amide bonds. The molecule has 0 aromatic carbocycles. The van der Waals surface area contributed by atoms with Gasteiger partial charge in [0.05, 0.1) is 0 Å². The molecule has 9 heavy (non-hydrogen) atoms. The summed E-state index contributed by atoms with van der Waals surface area (Å²) >= 11 is 0. The SMILES string of the molecule is CCC(C)CC(=O)[O-].[Na+]. The van der Waals surface area contributed by atoms with Crippen LogP contribution in [0.3, 0.4) is 0 Å². The van der Waals surface area contributed by atoms with Crippen molar-refractivity contribution in [3.05, 3.63) is 0 Å². The molecule has 0 N–H and O–H groups in total. The molecule has 0 aliphatic heterocycles. The maximum absolute atomic E-state index is 9.86. The zero-order valence-electron chi connectivity index (χ0n) is 6.31. The number of aliphatic carboxylic acids is 1. The number of carboxylic acids is 1. The van der Waals surface area contributed by atoms with Crippen molar-refractivity contribution in [2.75, 3.05) is 0 Å². The third-order valence-electron chi connectivity index (χ3n) is 1.21. The van der Waals surface area contributed by atoms with Gasteiger partial charge in [-0.05, 0) is 12.3 Å². The van der Waals surface area contributed by atoms with Gasteiger partial charge in [0.2, 0.25) is 0 Å². The van der Waals surface area contributed by atoms with Crippen molar-refractivity contribution in [1.29, 1.82) is 0 Å². The van der Waals surface area contributed by atoms with E-state index in [4.69, 9.17) is 0 Å². The quantitative estimate of drug-likeness (QED) is 0.395. The van der Waals surface area contributed by atoms with Crippen LogP contribution >= 0.6 is 0 Å². The van der Waals surface area contributed by atoms with Crippen molar-refractivity contribution in [3.8, 4) is 0 Å². The molecule has 0 heterocycles. The van der Waals surface area contributed by atoms with Crippen molar-refractivity contribution < 1.29 is 39.5 Å². The molecule has 2 nitrogen and oxygen atoms in total. The number of hydrogen-bond acceptors (Lipinski definition) is 2. The molecule has 48 valence electrons. The first-order chi connectivity index (χ1) is 3.66. The van der Waals surface area contributed by atoms with Crippen LogP contribution in [0.2, 0.25) is 0 Å². The van der Waals surface area contributed by atoms with Crippen molar-refractivity contribution in [1.82, 2.24) is 0 Å². The van der Waals surface area contributed by atoms with Gasteiger partial charge >= 0.3 is 29.6 Å². The second-order valence-corrected chi connectivity index (χ2v) is 2.09. The normalized spacial score (nSPS) is 11.8. The van der Waals surface area contributed by atoms with E-state index in [1.54, 1.807) is 0 Å². The summed E-state index contributed by atoms with van der Waals surface area (Å²) in [5.74, 6) is -0.681. The largest absolute Gasteiger partial charge is 1.00 e. The van der Waals surface area contributed by atoms with Crippen molar-refractivity contribution >= 4 is 5.97 Å². The van der Waals surface area contributed by atoms with Gasteiger partial charge in [-0.3, -0.25) is 0 Å². The molecular formula is C6H11NaO2. The average Bonchev–Trinajstić information content (AvgIpc) is 1.65. The van der Waals surface area contributed by atoms with Crippen LogP contribution in [0.5, 0.6) is 0 Å². The van der Waals surface area contributed by atoms with Crippen LogP contribution in [-0.4, -0.2) is 5.97 Å². The van der Waals surface area contributed by atoms with E-state index in [9.17, 15) is 9.90 Å². The molecule has 0 aromatic rings. The van der Waals surface area contributed by atoms with E-state index in [0.717, 1.165) is 6.42 Å². The molecule has 0 fully saturated rings. The molecular weight excluding hydrogens is 127 g/mol. The molecule has 0 saturated carbocycles. The van der Waals surface area contributed by atoms with Crippen LogP contribution in [0.4, 0.5) is 0 Å². The number of carboxylic acid groups (broad SMARTS) is 1. The van der Waals surface area contributed by atoms with Gasteiger partial charge in [-0.2, -0.15) is 0 Å². The third kappa shape index (κ3) is 8.47. The second-order valence-electron chi connectivity index (χ2n) is 2.09. The first-order valence-electron chi connectivity index (χ1n) is 2.86. The monoisotopic (exact) mass is 138 g/mol. The predicted octanol–water partition coefficient (Wildman–Crippen LogP) is -2.82. The first-order valence-corrected chi connectivity index (χ1v) is 2.86. The fourth-order valence-corrected chi connectivity index (χ4v) is 0.429. The van der Waals surface area contributed by atoms with Gasteiger partial charge in [-0.25, -0.2) is 0 Å². The van der Waals surface area contributed by atoms with Gasteiger partial charge in [0.1, 0.15) is 0 Å². The molecule has 1 atom stereocenters. The fraction of sp³-hybridized carbons (Fsp3) is 0.833. The summed E-state index contributed by atoms with van der Waals surface area (Å²) in [6.07, 6.45) is 1.10. The third-order valence-corrected chi connectivity index (χ3v) is 1.21. The Morgan fingerprint density at radius 2 is 2.11 bits per heavy atom. The summed E-state index contributed by atoms with van der Waals surface area (Å²) in [6, 6.07) is 0. The summed E-state index contributed by atoms with van der Waals surface area (Å²) in [4.78, 5) is 9.86. The van der Waals surface area contributed by atoms with Crippen LogP contribution < -0.4 is 34.7 Å². The van der Waals surface area contributed by atoms with Gasteiger partial charge in [0, 0.05) is 5.97 Å². The van der Waals surface area contributed by atoms with E-state index in [-0.39, 0.29) is 41.9 Å². The van der Waals surface area contributed by atoms with E-state index < -0.39 is 5.97 Å². The maximum Gasteiger partial charge on any atom is 1.00 e. The topological polar surface area (TPSA) is 40.1 Å². The minimum atomic E-state index is -0.945. The zero-order chi connectivity index (χ0) is 6.57. The summed E-state index contributed by atoms with van der Waals surface area (Å²) in [5, 5.41) is 9.86. The fourth-order valence-electron chi connectivity index (χ4n) is 0.429. The smallest absolute Gasteiger partial charge is 0.550 e. The van der Waals surface area contributed by atoms with Crippen molar-refractivity contribution in [2.24, 2.45) is 5.92 Å². The van der Waals surface area contributed by atoms with Gasteiger partial charge in [-0.15, -0.1) is 0 Å². The molecule has 0 spiro atoms. The molecule has 0 saturated heterocycles. The first kappa shape index (κ1) is 12.2. The summed E-state index contributed by atoms with van der Waals surface area (Å²) in [6.45, 7) is 3.86. The van der Waals surface area contributed by atoms with E-state index in [2.05, 4.69) is 0 Å². The zero-order valence-corrected chi connectivity index (χ0v) is 8.31. The van der Waals surface area contributed by atoms with Gasteiger partial charge in [0.25, 0.3) is 0 Å². The van der Waals surface area contributed by atoms with E-state index >= 15 is 0 Å². The Hall–Kier alpha value is 0.470. The average molecular weight is 138 g/mol. The van der Waals surface area contributed by atoms with Crippen LogP contribution in [0.1, 0.15) is 26.7 Å². The maximum atomic E-state index is 9.86. The number of rotatable bonds is 3. The Morgan fingerprint density at radius 1 is 1.67 bits per heavy atom. The Labute approximate surface area is 77.9 Å². The molecule has 0 rings (SSSR count). The van der Waals surface area contributed by atoms with Gasteiger partial charge < -0.3 is 9.90 Å². The minimum Gasteiger partial charge on any atom is -0.550 e. The van der Waals surface area contributed by atoms with E-state index in [0.29, 0.717) is 0 Å². The van der Waals surface area contributed by atoms with Gasteiger partial charge in [-0.1, -0.05) is 20.3 Å². The van der Waals surface area contributed by atoms with Crippen LogP contribution in [0.25, 0.3) is 0 Å². The van der Waals surface area contributed by atoms with Gasteiger partial charge in [0.15, 0.2) is 0 Å². The Balaban J connectivity index is 0. The summed E-state index contributed by atoms with van der Waals surface area (Å²) in [7, 11) is 0. The molecule has 0 aromatic heterocycles. The Kier molecular flexibility index (Phi) is 8.91. The predicted molar refractivity (Wildman–Crippen MR) is 29.1 cm³/mol. The standard InChI is InChI=1S/C6H12O2.Na/c1-3-5(2)4-6(7)8;/h5H,3-4H2,1-2H3,(H,7,8);/q;+1/p-1. The molecule has 0 bridgehead atoms. The number of carbonyl (C=O) groups excluding carboxylic acids is 1. The van der Waals surface area contributed by atoms with Crippen LogP contribution in [-0.2, 0) is 4.79 Å². The molecule has 0 radical (unpaired) electrons. The Morgan fingerprint density at radius 3 is 2.22 bits per heavy atom. The molecule has 3 heteroatoms. The van der Waals surface area contributed by atoms with Crippen LogP contribution in [0, 0.1) is 5.92 Å².